The van der Waals surface area contributed by atoms with Crippen LogP contribution in [-0.4, -0.2) is 46.6 Å². The topological polar surface area (TPSA) is 69.6 Å². The molecule has 0 aliphatic carbocycles. The van der Waals surface area contributed by atoms with Crippen LogP contribution in [0.5, 0.6) is 0 Å². The smallest absolute Gasteiger partial charge is 0.305 e. The molecule has 1 atom stereocenters. The minimum atomic E-state index is -0.926. The molecule has 1 saturated heterocycles. The Bertz CT molecular complexity index is 326. The third-order valence-electron chi connectivity index (χ3n) is 3.17. The van der Waals surface area contributed by atoms with Crippen molar-refractivity contribution in [1.82, 2.24) is 10.2 Å². The second-order valence-electron chi connectivity index (χ2n) is 6.14. The number of aliphatic carboxylic acids is 1. The van der Waals surface area contributed by atoms with Crippen LogP contribution >= 0.6 is 0 Å². The van der Waals surface area contributed by atoms with Gasteiger partial charge in [0.05, 0.1) is 12.5 Å². The summed E-state index contributed by atoms with van der Waals surface area (Å²) in [5.74, 6) is -0.551. The van der Waals surface area contributed by atoms with E-state index in [1.807, 2.05) is 18.7 Å². The lowest BCUT2D eigenvalue weighted by molar-refractivity contribution is -0.145. The molecule has 1 fully saturated rings. The van der Waals surface area contributed by atoms with Gasteiger partial charge in [0.25, 0.3) is 0 Å². The number of carboxylic acids is 1. The number of nitrogens with one attached hydrogen (secondary N) is 1. The summed E-state index contributed by atoms with van der Waals surface area (Å²) in [6, 6.07) is -0.533. The number of hydrogen-bond acceptors (Lipinski definition) is 3. The first-order chi connectivity index (χ1) is 8.21. The van der Waals surface area contributed by atoms with E-state index < -0.39 is 12.0 Å². The third kappa shape index (κ3) is 4.29. The zero-order chi connectivity index (χ0) is 13.9. The fourth-order valence-corrected chi connectivity index (χ4v) is 2.29. The van der Waals surface area contributed by atoms with Crippen LogP contribution in [0.25, 0.3) is 0 Å². The van der Waals surface area contributed by atoms with E-state index in [0.29, 0.717) is 12.5 Å². The first kappa shape index (κ1) is 15.0. The maximum atomic E-state index is 12.0. The van der Waals surface area contributed by atoms with Crippen LogP contribution in [-0.2, 0) is 9.59 Å². The summed E-state index contributed by atoms with van der Waals surface area (Å²) in [7, 11) is 0. The summed E-state index contributed by atoms with van der Waals surface area (Å²) in [4.78, 5) is 24.8. The number of amides is 1. The van der Waals surface area contributed by atoms with Gasteiger partial charge < -0.3 is 10.4 Å². The Hall–Kier alpha value is -1.10. The van der Waals surface area contributed by atoms with Gasteiger partial charge in [0.15, 0.2) is 0 Å². The first-order valence-electron chi connectivity index (χ1n) is 6.49. The van der Waals surface area contributed by atoms with Crippen molar-refractivity contribution in [1.29, 1.82) is 0 Å². The van der Waals surface area contributed by atoms with Crippen molar-refractivity contribution in [3.63, 3.8) is 0 Å². The Morgan fingerprint density at radius 1 is 1.56 bits per heavy atom. The second kappa shape index (κ2) is 5.69. The van der Waals surface area contributed by atoms with E-state index in [9.17, 15) is 9.59 Å². The van der Waals surface area contributed by atoms with E-state index in [1.54, 1.807) is 0 Å². The van der Waals surface area contributed by atoms with Crippen LogP contribution in [0.1, 0.15) is 40.5 Å². The highest BCUT2D eigenvalue weighted by molar-refractivity contribution is 5.87. The van der Waals surface area contributed by atoms with Crippen LogP contribution in [0.15, 0.2) is 0 Å². The predicted molar refractivity (Wildman–Crippen MR) is 69.3 cm³/mol. The number of carbonyl (C=O) groups is 2. The number of hydrogen-bond donors (Lipinski definition) is 2. The summed E-state index contributed by atoms with van der Waals surface area (Å²) in [6.07, 6.45) is 0.847. The Balaban J connectivity index is 2.75. The van der Waals surface area contributed by atoms with E-state index in [4.69, 9.17) is 5.11 Å². The fraction of sp³-hybridized carbons (Fsp3) is 0.846. The lowest BCUT2D eigenvalue weighted by Crippen LogP contribution is -2.65. The number of carboxylic acid groups (broad SMARTS) is 1. The molecule has 0 aromatic carbocycles. The average Bonchev–Trinajstić information content (AvgIpc) is 2.18. The molecular formula is C13H24N2O3. The van der Waals surface area contributed by atoms with Gasteiger partial charge in [-0.3, -0.25) is 14.5 Å². The van der Waals surface area contributed by atoms with Gasteiger partial charge in [-0.1, -0.05) is 13.8 Å². The lowest BCUT2D eigenvalue weighted by atomic mass is 9.95. The number of rotatable bonds is 5. The minimum Gasteiger partial charge on any atom is -0.481 e. The molecule has 1 aliphatic rings. The maximum absolute atomic E-state index is 12.0. The van der Waals surface area contributed by atoms with Crippen molar-refractivity contribution in [2.24, 2.45) is 5.92 Å². The fourth-order valence-electron chi connectivity index (χ4n) is 2.29. The molecule has 1 unspecified atom stereocenters. The average molecular weight is 256 g/mol. The number of piperazine rings is 1. The van der Waals surface area contributed by atoms with Gasteiger partial charge in [-0.2, -0.15) is 0 Å². The van der Waals surface area contributed by atoms with Crippen LogP contribution in [0.4, 0.5) is 0 Å². The summed E-state index contributed by atoms with van der Waals surface area (Å²) in [5, 5.41) is 11.8. The van der Waals surface area contributed by atoms with Gasteiger partial charge >= 0.3 is 5.97 Å². The lowest BCUT2D eigenvalue weighted by Gasteiger charge is -2.43. The van der Waals surface area contributed by atoms with Crippen LogP contribution < -0.4 is 5.32 Å². The van der Waals surface area contributed by atoms with Gasteiger partial charge in [0, 0.05) is 12.1 Å². The highest BCUT2D eigenvalue weighted by Gasteiger charge is 2.39. The molecular weight excluding hydrogens is 232 g/mol. The Morgan fingerprint density at radius 2 is 2.17 bits per heavy atom. The predicted octanol–water partition coefficient (Wildman–Crippen LogP) is 1.09. The molecule has 0 bridgehead atoms. The summed E-state index contributed by atoms with van der Waals surface area (Å²) in [5.41, 5.74) is -0.289. The van der Waals surface area contributed by atoms with Crippen molar-refractivity contribution in [2.75, 3.05) is 13.1 Å². The zero-order valence-corrected chi connectivity index (χ0v) is 11.7. The van der Waals surface area contributed by atoms with Gasteiger partial charge in [0.2, 0.25) is 5.91 Å². The molecule has 0 aromatic rings. The molecule has 0 radical (unpaired) electrons. The van der Waals surface area contributed by atoms with E-state index in [2.05, 4.69) is 19.2 Å². The quantitative estimate of drug-likeness (QED) is 0.772. The largest absolute Gasteiger partial charge is 0.481 e. The van der Waals surface area contributed by atoms with Crippen molar-refractivity contribution >= 4 is 11.9 Å². The normalized spacial score (nSPS) is 24.1. The SMILES string of the molecule is CC(C)CCN1CC(C)(C)NC(=O)C1CC(=O)O. The molecule has 5 nitrogen and oxygen atoms in total. The van der Waals surface area contributed by atoms with Crippen molar-refractivity contribution in [3.8, 4) is 0 Å². The molecule has 1 amide bonds. The number of carbonyl (C=O) groups excluding carboxylic acids is 1. The Kier molecular flexibility index (Phi) is 4.73. The molecule has 0 saturated carbocycles. The highest BCUT2D eigenvalue weighted by atomic mass is 16.4. The number of nitrogens with zero attached hydrogens (tertiary/aromatic N) is 1. The van der Waals surface area contributed by atoms with Gasteiger partial charge in [0.1, 0.15) is 0 Å². The van der Waals surface area contributed by atoms with E-state index in [1.165, 1.54) is 0 Å². The van der Waals surface area contributed by atoms with E-state index in [-0.39, 0.29) is 17.9 Å². The van der Waals surface area contributed by atoms with E-state index in [0.717, 1.165) is 13.0 Å². The van der Waals surface area contributed by atoms with Crippen LogP contribution in [0.2, 0.25) is 0 Å². The second-order valence-corrected chi connectivity index (χ2v) is 6.14. The molecule has 104 valence electrons. The van der Waals surface area contributed by atoms with Crippen molar-refractivity contribution < 1.29 is 14.7 Å². The van der Waals surface area contributed by atoms with Gasteiger partial charge in [-0.05, 0) is 32.7 Å². The zero-order valence-electron chi connectivity index (χ0n) is 11.7. The summed E-state index contributed by atoms with van der Waals surface area (Å²) in [6.45, 7) is 9.65. The summed E-state index contributed by atoms with van der Waals surface area (Å²) < 4.78 is 0. The molecule has 0 aromatic heterocycles. The van der Waals surface area contributed by atoms with Gasteiger partial charge in [-0.25, -0.2) is 0 Å². The maximum Gasteiger partial charge on any atom is 0.305 e. The van der Waals surface area contributed by atoms with Crippen molar-refractivity contribution in [2.45, 2.75) is 52.1 Å². The molecule has 2 N–H and O–H groups in total. The summed E-state index contributed by atoms with van der Waals surface area (Å²) >= 11 is 0. The monoisotopic (exact) mass is 256 g/mol. The molecule has 5 heteroatoms. The standard InChI is InChI=1S/C13H24N2O3/c1-9(2)5-6-15-8-13(3,4)14-12(18)10(15)7-11(16)17/h9-10H,5-8H2,1-4H3,(H,14,18)(H,16,17). The Morgan fingerprint density at radius 3 is 2.67 bits per heavy atom. The Labute approximate surface area is 109 Å². The molecule has 1 heterocycles. The van der Waals surface area contributed by atoms with Crippen LogP contribution in [0.3, 0.4) is 0 Å². The third-order valence-corrected chi connectivity index (χ3v) is 3.17. The minimum absolute atomic E-state index is 0.125. The van der Waals surface area contributed by atoms with Crippen LogP contribution in [0, 0.1) is 5.92 Å². The molecule has 1 rings (SSSR count). The van der Waals surface area contributed by atoms with Crippen molar-refractivity contribution in [3.05, 3.63) is 0 Å². The van der Waals surface area contributed by atoms with E-state index >= 15 is 0 Å². The first-order valence-corrected chi connectivity index (χ1v) is 6.49. The molecule has 18 heavy (non-hydrogen) atoms. The molecule has 0 spiro atoms. The molecule has 1 aliphatic heterocycles. The van der Waals surface area contributed by atoms with Gasteiger partial charge in [-0.15, -0.1) is 0 Å². The highest BCUT2D eigenvalue weighted by Crippen LogP contribution is 2.19.